The molecule has 2 N–H and O–H groups in total. The molecule has 0 saturated heterocycles. The predicted octanol–water partition coefficient (Wildman–Crippen LogP) is 0.896. The third kappa shape index (κ3) is 1.70. The number of ketones is 1. The molecule has 0 atom stereocenters. The maximum atomic E-state index is 12.0. The lowest BCUT2D eigenvalue weighted by Crippen LogP contribution is -2.33. The first-order valence-corrected chi connectivity index (χ1v) is 4.63. The average Bonchev–Trinajstić information content (AvgIpc) is 2.47. The van der Waals surface area contributed by atoms with Gasteiger partial charge in [0.15, 0.2) is 5.78 Å². The topological polar surface area (TPSA) is 60.9 Å². The highest BCUT2D eigenvalue weighted by atomic mass is 16.1. The van der Waals surface area contributed by atoms with Gasteiger partial charge in [0.2, 0.25) is 0 Å². The number of imidazole rings is 1. The molecule has 4 nitrogen and oxygen atoms in total. The Morgan fingerprint density at radius 3 is 2.57 bits per heavy atom. The first-order valence-electron chi connectivity index (χ1n) is 4.63. The van der Waals surface area contributed by atoms with Gasteiger partial charge in [0.1, 0.15) is 11.5 Å². The standard InChI is InChI=1S/C10H17N3O/c1-7-12-5-8(13(7)4)9(14)10(2,3)6-11/h5H,6,11H2,1-4H3. The minimum absolute atomic E-state index is 0.0445. The van der Waals surface area contributed by atoms with Crippen molar-refractivity contribution in [3.05, 3.63) is 17.7 Å². The van der Waals surface area contributed by atoms with Crippen molar-refractivity contribution in [3.8, 4) is 0 Å². The molecule has 4 heteroatoms. The summed E-state index contributed by atoms with van der Waals surface area (Å²) in [7, 11) is 1.84. The lowest BCUT2D eigenvalue weighted by molar-refractivity contribution is 0.0838. The number of aryl methyl sites for hydroxylation is 1. The molecule has 0 aliphatic carbocycles. The minimum Gasteiger partial charge on any atom is -0.329 e. The molecule has 0 amide bonds. The second-order valence-electron chi connectivity index (χ2n) is 4.17. The van der Waals surface area contributed by atoms with Crippen molar-refractivity contribution in [2.45, 2.75) is 20.8 Å². The number of carbonyl (C=O) groups is 1. The minimum atomic E-state index is -0.514. The third-order valence-electron chi connectivity index (χ3n) is 2.58. The van der Waals surface area contributed by atoms with Crippen LogP contribution < -0.4 is 5.73 Å². The van der Waals surface area contributed by atoms with Crippen molar-refractivity contribution in [1.29, 1.82) is 0 Å². The van der Waals surface area contributed by atoms with Gasteiger partial charge in [0, 0.05) is 19.0 Å². The molecule has 0 unspecified atom stereocenters. The Kier molecular flexibility index (Phi) is 2.76. The average molecular weight is 195 g/mol. The maximum absolute atomic E-state index is 12.0. The Morgan fingerprint density at radius 2 is 2.21 bits per heavy atom. The van der Waals surface area contributed by atoms with Gasteiger partial charge in [-0.15, -0.1) is 0 Å². The molecular weight excluding hydrogens is 178 g/mol. The largest absolute Gasteiger partial charge is 0.329 e. The number of aromatic nitrogens is 2. The van der Waals surface area contributed by atoms with Crippen LogP contribution in [0.3, 0.4) is 0 Å². The van der Waals surface area contributed by atoms with Gasteiger partial charge in [-0.2, -0.15) is 0 Å². The molecule has 1 aromatic heterocycles. The fourth-order valence-corrected chi connectivity index (χ4v) is 1.15. The highest BCUT2D eigenvalue weighted by molar-refractivity contribution is 5.98. The van der Waals surface area contributed by atoms with Crippen molar-refractivity contribution in [1.82, 2.24) is 9.55 Å². The second kappa shape index (κ2) is 3.53. The highest BCUT2D eigenvalue weighted by Gasteiger charge is 2.29. The lowest BCUT2D eigenvalue weighted by Gasteiger charge is -2.20. The molecule has 14 heavy (non-hydrogen) atoms. The SMILES string of the molecule is Cc1ncc(C(=O)C(C)(C)CN)n1C. The first-order chi connectivity index (χ1) is 6.40. The van der Waals surface area contributed by atoms with Crippen LogP contribution in [0.15, 0.2) is 6.20 Å². The molecule has 0 spiro atoms. The molecule has 0 aliphatic heterocycles. The fourth-order valence-electron chi connectivity index (χ4n) is 1.15. The predicted molar refractivity (Wildman–Crippen MR) is 55.1 cm³/mol. The molecule has 0 saturated carbocycles. The van der Waals surface area contributed by atoms with E-state index in [9.17, 15) is 4.79 Å². The summed E-state index contributed by atoms with van der Waals surface area (Å²) in [6.07, 6.45) is 1.61. The summed E-state index contributed by atoms with van der Waals surface area (Å²) < 4.78 is 1.79. The van der Waals surface area contributed by atoms with E-state index in [4.69, 9.17) is 5.73 Å². The Bertz CT molecular complexity index is 352. The Balaban J connectivity index is 3.07. The molecule has 1 rings (SSSR count). The van der Waals surface area contributed by atoms with Crippen LogP contribution in [-0.2, 0) is 7.05 Å². The zero-order valence-electron chi connectivity index (χ0n) is 9.16. The van der Waals surface area contributed by atoms with Gasteiger partial charge in [-0.3, -0.25) is 4.79 Å². The number of Topliss-reactive ketones (excluding diaryl/α,β-unsaturated/α-hetero) is 1. The number of hydrogen-bond acceptors (Lipinski definition) is 3. The van der Waals surface area contributed by atoms with E-state index in [1.54, 1.807) is 10.8 Å². The summed E-state index contributed by atoms with van der Waals surface area (Å²) in [6.45, 7) is 5.90. The molecule has 1 aromatic rings. The zero-order chi connectivity index (χ0) is 10.9. The van der Waals surface area contributed by atoms with Crippen LogP contribution in [0.4, 0.5) is 0 Å². The van der Waals surface area contributed by atoms with E-state index in [1.807, 2.05) is 27.8 Å². The van der Waals surface area contributed by atoms with Gasteiger partial charge < -0.3 is 10.3 Å². The summed E-state index contributed by atoms with van der Waals surface area (Å²) in [5.41, 5.74) is 5.66. The fraction of sp³-hybridized carbons (Fsp3) is 0.600. The van der Waals surface area contributed by atoms with Crippen molar-refractivity contribution < 1.29 is 4.79 Å². The molecule has 1 heterocycles. The number of rotatable bonds is 3. The van der Waals surface area contributed by atoms with Gasteiger partial charge in [-0.1, -0.05) is 13.8 Å². The summed E-state index contributed by atoms with van der Waals surface area (Å²) in [4.78, 5) is 16.1. The molecule has 0 aliphatic rings. The monoisotopic (exact) mass is 195 g/mol. The summed E-state index contributed by atoms with van der Waals surface area (Å²) in [5.74, 6) is 0.879. The van der Waals surface area contributed by atoms with Gasteiger partial charge in [-0.25, -0.2) is 4.98 Å². The van der Waals surface area contributed by atoms with Crippen molar-refractivity contribution >= 4 is 5.78 Å². The molecule has 0 radical (unpaired) electrons. The summed E-state index contributed by atoms with van der Waals surface area (Å²) in [5, 5.41) is 0. The number of hydrogen-bond donors (Lipinski definition) is 1. The van der Waals surface area contributed by atoms with E-state index in [2.05, 4.69) is 4.98 Å². The van der Waals surface area contributed by atoms with Crippen LogP contribution in [0, 0.1) is 12.3 Å². The van der Waals surface area contributed by atoms with Crippen LogP contribution in [0.2, 0.25) is 0 Å². The summed E-state index contributed by atoms with van der Waals surface area (Å²) in [6, 6.07) is 0. The normalized spacial score (nSPS) is 11.8. The lowest BCUT2D eigenvalue weighted by atomic mass is 9.87. The van der Waals surface area contributed by atoms with Crippen LogP contribution in [0.1, 0.15) is 30.2 Å². The maximum Gasteiger partial charge on any atom is 0.187 e. The van der Waals surface area contributed by atoms with Crippen LogP contribution in [0.25, 0.3) is 0 Å². The molecule has 0 bridgehead atoms. The molecule has 0 fully saturated rings. The second-order valence-corrected chi connectivity index (χ2v) is 4.17. The Labute approximate surface area is 84.1 Å². The number of nitrogens with zero attached hydrogens (tertiary/aromatic N) is 2. The highest BCUT2D eigenvalue weighted by Crippen LogP contribution is 2.20. The Hall–Kier alpha value is -1.16. The van der Waals surface area contributed by atoms with Crippen molar-refractivity contribution in [2.75, 3.05) is 6.54 Å². The van der Waals surface area contributed by atoms with Crippen LogP contribution in [-0.4, -0.2) is 21.9 Å². The van der Waals surface area contributed by atoms with Crippen molar-refractivity contribution in [3.63, 3.8) is 0 Å². The van der Waals surface area contributed by atoms with E-state index < -0.39 is 5.41 Å². The van der Waals surface area contributed by atoms with E-state index in [0.717, 1.165) is 5.82 Å². The van der Waals surface area contributed by atoms with Gasteiger partial charge in [-0.05, 0) is 6.92 Å². The number of carbonyl (C=O) groups excluding carboxylic acids is 1. The van der Waals surface area contributed by atoms with E-state index in [-0.39, 0.29) is 5.78 Å². The van der Waals surface area contributed by atoms with Gasteiger partial charge in [0.05, 0.1) is 6.20 Å². The van der Waals surface area contributed by atoms with Gasteiger partial charge in [0.25, 0.3) is 0 Å². The smallest absolute Gasteiger partial charge is 0.187 e. The van der Waals surface area contributed by atoms with E-state index >= 15 is 0 Å². The van der Waals surface area contributed by atoms with E-state index in [1.165, 1.54) is 0 Å². The molecular formula is C10H17N3O. The van der Waals surface area contributed by atoms with Crippen LogP contribution in [0.5, 0.6) is 0 Å². The summed E-state index contributed by atoms with van der Waals surface area (Å²) >= 11 is 0. The van der Waals surface area contributed by atoms with Gasteiger partial charge >= 0.3 is 0 Å². The van der Waals surface area contributed by atoms with Crippen molar-refractivity contribution in [2.24, 2.45) is 18.2 Å². The molecule has 78 valence electrons. The molecule has 0 aromatic carbocycles. The van der Waals surface area contributed by atoms with Crippen LogP contribution >= 0.6 is 0 Å². The van der Waals surface area contributed by atoms with E-state index in [0.29, 0.717) is 12.2 Å². The zero-order valence-corrected chi connectivity index (χ0v) is 9.16. The number of nitrogens with two attached hydrogens (primary N) is 1. The third-order valence-corrected chi connectivity index (χ3v) is 2.58. The first kappa shape index (κ1) is 10.9. The Morgan fingerprint density at radius 1 is 1.64 bits per heavy atom. The quantitative estimate of drug-likeness (QED) is 0.729.